The molecule has 0 unspecified atom stereocenters. The minimum Gasteiger partial charge on any atom is -0.450 e. The summed E-state index contributed by atoms with van der Waals surface area (Å²) in [7, 11) is 1.02. The van der Waals surface area contributed by atoms with E-state index in [-0.39, 0.29) is 6.61 Å². The Kier molecular flexibility index (Phi) is 3.32. The van der Waals surface area contributed by atoms with Gasteiger partial charge in [0.25, 0.3) is 0 Å². The Morgan fingerprint density at radius 1 is 1.42 bits per heavy atom. The minimum atomic E-state index is -0.0275. The lowest BCUT2D eigenvalue weighted by Gasteiger charge is -2.05. The Bertz CT molecular complexity index is 261. The van der Waals surface area contributed by atoms with Crippen LogP contribution in [0.1, 0.15) is 18.1 Å². The van der Waals surface area contributed by atoms with Crippen LogP contribution < -0.4 is 5.46 Å². The fraction of sp³-hybridized carbons (Fsp3) is 0.333. The Morgan fingerprint density at radius 2 is 2.17 bits per heavy atom. The van der Waals surface area contributed by atoms with Crippen LogP contribution in [0.4, 0.5) is 0 Å². The molecule has 0 amide bonds. The van der Waals surface area contributed by atoms with Crippen molar-refractivity contribution in [1.29, 1.82) is 0 Å². The highest BCUT2D eigenvalue weighted by molar-refractivity contribution is 6.46. The van der Waals surface area contributed by atoms with Crippen LogP contribution in [0.5, 0.6) is 0 Å². The van der Waals surface area contributed by atoms with Crippen LogP contribution in [-0.4, -0.2) is 17.6 Å². The largest absolute Gasteiger partial charge is 0.450 e. The van der Waals surface area contributed by atoms with Gasteiger partial charge in [-0.1, -0.05) is 25.1 Å². The van der Waals surface area contributed by atoms with E-state index in [4.69, 9.17) is 10.1 Å². The molecule has 0 saturated carbocycles. The third-order valence-corrected chi connectivity index (χ3v) is 1.93. The van der Waals surface area contributed by atoms with Gasteiger partial charge in [-0.25, -0.2) is 0 Å². The molecule has 0 saturated heterocycles. The predicted octanol–water partition coefficient (Wildman–Crippen LogP) is -0.0219. The first kappa shape index (κ1) is 9.29. The van der Waals surface area contributed by atoms with Crippen LogP contribution in [0.3, 0.4) is 0 Å². The van der Waals surface area contributed by atoms with Crippen molar-refractivity contribution in [3.05, 3.63) is 29.3 Å². The average Bonchev–Trinajstić information content (AvgIpc) is 2.16. The Morgan fingerprint density at radius 3 is 2.67 bits per heavy atom. The summed E-state index contributed by atoms with van der Waals surface area (Å²) in [5, 5.41) is 17.7. The molecule has 1 aromatic carbocycles. The molecule has 1 aromatic rings. The van der Waals surface area contributed by atoms with E-state index in [1.807, 2.05) is 18.2 Å². The first-order chi connectivity index (χ1) is 5.81. The second-order valence-corrected chi connectivity index (χ2v) is 2.67. The molecule has 0 bridgehead atoms. The van der Waals surface area contributed by atoms with Gasteiger partial charge in [-0.3, -0.25) is 0 Å². The summed E-state index contributed by atoms with van der Waals surface area (Å²) in [6.45, 7) is 2.03. The third-order valence-electron chi connectivity index (χ3n) is 1.93. The van der Waals surface area contributed by atoms with Crippen molar-refractivity contribution in [3.8, 4) is 0 Å². The van der Waals surface area contributed by atoms with Crippen molar-refractivity contribution >= 4 is 12.9 Å². The molecule has 12 heavy (non-hydrogen) atoms. The lowest BCUT2D eigenvalue weighted by atomic mass is 9.83. The molecular weight excluding hydrogens is 151 g/mol. The lowest BCUT2D eigenvalue weighted by molar-refractivity contribution is 0.282. The Hall–Kier alpha value is -0.795. The van der Waals surface area contributed by atoms with E-state index < -0.39 is 0 Å². The molecule has 3 heteroatoms. The summed E-state index contributed by atoms with van der Waals surface area (Å²) >= 11 is 0. The highest BCUT2D eigenvalue weighted by Crippen LogP contribution is 2.03. The minimum absolute atomic E-state index is 0.0275. The fourth-order valence-electron chi connectivity index (χ4n) is 1.14. The van der Waals surface area contributed by atoms with E-state index >= 15 is 0 Å². The molecule has 0 atom stereocenters. The van der Waals surface area contributed by atoms with E-state index in [0.29, 0.717) is 5.46 Å². The van der Waals surface area contributed by atoms with Gasteiger partial charge in [-0.15, -0.1) is 0 Å². The van der Waals surface area contributed by atoms with Crippen molar-refractivity contribution < 1.29 is 10.1 Å². The van der Waals surface area contributed by atoms with Gasteiger partial charge < -0.3 is 10.1 Å². The maximum Gasteiger partial charge on any atom is 0.327 e. The zero-order valence-electron chi connectivity index (χ0n) is 7.12. The third kappa shape index (κ3) is 1.87. The lowest BCUT2D eigenvalue weighted by Crippen LogP contribution is -2.19. The number of benzene rings is 1. The van der Waals surface area contributed by atoms with Crippen molar-refractivity contribution in [2.24, 2.45) is 0 Å². The first-order valence-corrected chi connectivity index (χ1v) is 4.02. The van der Waals surface area contributed by atoms with Gasteiger partial charge in [0.05, 0.1) is 6.61 Å². The molecule has 2 N–H and O–H groups in total. The maximum atomic E-state index is 8.94. The zero-order chi connectivity index (χ0) is 8.97. The van der Waals surface area contributed by atoms with Crippen LogP contribution in [0.15, 0.2) is 18.2 Å². The second kappa shape index (κ2) is 4.29. The Balaban J connectivity index is 3.02. The monoisotopic (exact) mass is 163 g/mol. The number of aliphatic hydroxyl groups excluding tert-OH is 1. The standard InChI is InChI=1S/C9H12BO2/c1-2-7-3-4-9(10-12)8(5-7)6-11/h3-5,11-12H,2,6H2,1H3. The van der Waals surface area contributed by atoms with Gasteiger partial charge in [0.1, 0.15) is 0 Å². The molecule has 2 nitrogen and oxygen atoms in total. The van der Waals surface area contributed by atoms with E-state index in [0.717, 1.165) is 19.5 Å². The van der Waals surface area contributed by atoms with Gasteiger partial charge in [0.15, 0.2) is 0 Å². The maximum absolute atomic E-state index is 8.94. The topological polar surface area (TPSA) is 40.5 Å². The highest BCUT2D eigenvalue weighted by Gasteiger charge is 2.02. The second-order valence-electron chi connectivity index (χ2n) is 2.67. The van der Waals surface area contributed by atoms with Crippen LogP contribution in [0.2, 0.25) is 0 Å². The SMILES string of the molecule is CCc1ccc([B]O)c(CO)c1. The summed E-state index contributed by atoms with van der Waals surface area (Å²) in [5.74, 6) is 0. The van der Waals surface area contributed by atoms with Crippen molar-refractivity contribution in [3.63, 3.8) is 0 Å². The Labute approximate surface area is 73.1 Å². The number of aliphatic hydroxyl groups is 1. The van der Waals surface area contributed by atoms with Gasteiger partial charge >= 0.3 is 7.48 Å². The van der Waals surface area contributed by atoms with Crippen molar-refractivity contribution in [1.82, 2.24) is 0 Å². The summed E-state index contributed by atoms with van der Waals surface area (Å²) in [5.41, 5.74) is 2.64. The molecule has 0 fully saturated rings. The molecule has 0 aliphatic rings. The van der Waals surface area contributed by atoms with Crippen LogP contribution >= 0.6 is 0 Å². The summed E-state index contributed by atoms with van der Waals surface area (Å²) in [6, 6.07) is 5.66. The van der Waals surface area contributed by atoms with Crippen LogP contribution in [-0.2, 0) is 13.0 Å². The molecule has 0 aromatic heterocycles. The van der Waals surface area contributed by atoms with Gasteiger partial charge in [0, 0.05) is 0 Å². The summed E-state index contributed by atoms with van der Waals surface area (Å²) in [4.78, 5) is 0. The number of aryl methyl sites for hydroxylation is 1. The van der Waals surface area contributed by atoms with Gasteiger partial charge in [-0.05, 0) is 23.0 Å². The average molecular weight is 163 g/mol. The number of hydrogen-bond donors (Lipinski definition) is 2. The number of hydrogen-bond acceptors (Lipinski definition) is 2. The van der Waals surface area contributed by atoms with Crippen LogP contribution in [0, 0.1) is 0 Å². The van der Waals surface area contributed by atoms with Crippen molar-refractivity contribution in [2.45, 2.75) is 20.0 Å². The van der Waals surface area contributed by atoms with Gasteiger partial charge in [0.2, 0.25) is 0 Å². The zero-order valence-corrected chi connectivity index (χ0v) is 7.12. The highest BCUT2D eigenvalue weighted by atomic mass is 16.3. The predicted molar refractivity (Wildman–Crippen MR) is 49.3 cm³/mol. The molecule has 63 valence electrons. The van der Waals surface area contributed by atoms with Crippen LogP contribution in [0.25, 0.3) is 0 Å². The van der Waals surface area contributed by atoms with E-state index in [9.17, 15) is 0 Å². The molecule has 1 radical (unpaired) electrons. The van der Waals surface area contributed by atoms with Crippen molar-refractivity contribution in [2.75, 3.05) is 0 Å². The molecule has 0 aliphatic carbocycles. The quantitative estimate of drug-likeness (QED) is 0.614. The first-order valence-electron chi connectivity index (χ1n) is 4.02. The smallest absolute Gasteiger partial charge is 0.327 e. The molecule has 0 spiro atoms. The normalized spacial score (nSPS) is 9.92. The summed E-state index contributed by atoms with van der Waals surface area (Å²) < 4.78 is 0. The molecule has 0 aliphatic heterocycles. The fourth-order valence-corrected chi connectivity index (χ4v) is 1.14. The molecular formula is C9H12BO2. The number of rotatable bonds is 3. The molecule has 1 rings (SSSR count). The molecule has 0 heterocycles. The van der Waals surface area contributed by atoms with Gasteiger partial charge in [-0.2, -0.15) is 0 Å². The van der Waals surface area contributed by atoms with E-state index in [2.05, 4.69) is 6.92 Å². The summed E-state index contributed by atoms with van der Waals surface area (Å²) in [6.07, 6.45) is 0.943. The van der Waals surface area contributed by atoms with E-state index in [1.54, 1.807) is 0 Å². The van der Waals surface area contributed by atoms with E-state index in [1.165, 1.54) is 5.56 Å².